The lowest BCUT2D eigenvalue weighted by Gasteiger charge is -1.98. The van der Waals surface area contributed by atoms with Crippen LogP contribution in [0.15, 0.2) is 21.1 Å². The zero-order valence-electron chi connectivity index (χ0n) is 8.48. The molecular formula is C8H8Br2N2O5. The highest BCUT2D eigenvalue weighted by Gasteiger charge is 2.12. The van der Waals surface area contributed by atoms with Gasteiger partial charge in [-0.1, -0.05) is 0 Å². The molecule has 0 radical (unpaired) electrons. The quantitative estimate of drug-likeness (QED) is 0.518. The number of carbonyl (C=O) groups is 1. The van der Waals surface area contributed by atoms with Crippen LogP contribution < -0.4 is 5.32 Å². The van der Waals surface area contributed by atoms with E-state index in [0.29, 0.717) is 8.95 Å². The minimum absolute atomic E-state index is 0.0411. The molecular weight excluding hydrogens is 364 g/mol. The summed E-state index contributed by atoms with van der Waals surface area (Å²) in [5.41, 5.74) is -0.0773. The molecule has 17 heavy (non-hydrogen) atoms. The highest BCUT2D eigenvalue weighted by molar-refractivity contribution is 9.11. The zero-order valence-corrected chi connectivity index (χ0v) is 11.6. The van der Waals surface area contributed by atoms with E-state index < -0.39 is 11.0 Å². The third kappa shape index (κ3) is 5.50. The molecule has 0 aliphatic carbocycles. The van der Waals surface area contributed by atoms with Crippen LogP contribution in [0.1, 0.15) is 0 Å². The lowest BCUT2D eigenvalue weighted by atomic mass is 10.3. The Bertz CT molecular complexity index is 415. The first kappa shape index (κ1) is 15.7. The Balaban J connectivity index is 0.000000437. The van der Waals surface area contributed by atoms with Gasteiger partial charge in [-0.2, -0.15) is 0 Å². The maximum absolute atomic E-state index is 10.3. The van der Waals surface area contributed by atoms with Crippen LogP contribution in [0.3, 0.4) is 0 Å². The smallest absolute Gasteiger partial charge is 0.404 e. The molecule has 0 heterocycles. The Hall–Kier alpha value is -1.35. The fourth-order valence-electron chi connectivity index (χ4n) is 0.658. The van der Waals surface area contributed by atoms with Gasteiger partial charge in [0.15, 0.2) is 0 Å². The number of hydrogen-bond acceptors (Lipinski definition) is 4. The number of nitrogens with zero attached hydrogens (tertiary/aromatic N) is 1. The van der Waals surface area contributed by atoms with Crippen molar-refractivity contribution >= 4 is 43.6 Å². The fraction of sp³-hybridized carbons (Fsp3) is 0.125. The van der Waals surface area contributed by atoms with E-state index in [0.717, 1.165) is 0 Å². The van der Waals surface area contributed by atoms with Crippen molar-refractivity contribution in [3.63, 3.8) is 0 Å². The van der Waals surface area contributed by atoms with E-state index in [1.807, 2.05) is 5.32 Å². The summed E-state index contributed by atoms with van der Waals surface area (Å²) in [7, 11) is 1.35. The number of aromatic hydroxyl groups is 1. The van der Waals surface area contributed by atoms with Crippen molar-refractivity contribution in [2.24, 2.45) is 0 Å². The number of halogens is 2. The average Bonchev–Trinajstić information content (AvgIpc) is 2.25. The van der Waals surface area contributed by atoms with Gasteiger partial charge < -0.3 is 15.5 Å². The van der Waals surface area contributed by atoms with Crippen LogP contribution in [0.2, 0.25) is 0 Å². The Kier molecular flexibility index (Phi) is 6.51. The van der Waals surface area contributed by atoms with E-state index in [9.17, 15) is 20.0 Å². The van der Waals surface area contributed by atoms with Gasteiger partial charge in [-0.25, -0.2) is 4.79 Å². The highest BCUT2D eigenvalue weighted by Crippen LogP contribution is 2.35. The van der Waals surface area contributed by atoms with Crippen molar-refractivity contribution in [2.75, 3.05) is 7.05 Å². The van der Waals surface area contributed by atoms with Gasteiger partial charge >= 0.3 is 6.09 Å². The van der Waals surface area contributed by atoms with Gasteiger partial charge in [0.1, 0.15) is 5.75 Å². The fourth-order valence-corrected chi connectivity index (χ4v) is 1.82. The highest BCUT2D eigenvalue weighted by atomic mass is 79.9. The van der Waals surface area contributed by atoms with Crippen molar-refractivity contribution in [3.05, 3.63) is 31.2 Å². The van der Waals surface area contributed by atoms with Gasteiger partial charge in [0.05, 0.1) is 13.9 Å². The van der Waals surface area contributed by atoms with E-state index in [1.54, 1.807) is 0 Å². The van der Waals surface area contributed by atoms with Gasteiger partial charge in [0.2, 0.25) is 0 Å². The maximum atomic E-state index is 10.3. The Morgan fingerprint density at radius 2 is 1.76 bits per heavy atom. The molecule has 0 saturated carbocycles. The minimum Gasteiger partial charge on any atom is -0.506 e. The molecule has 1 aromatic carbocycles. The first-order valence-corrected chi connectivity index (χ1v) is 5.61. The van der Waals surface area contributed by atoms with Gasteiger partial charge in [-0.3, -0.25) is 10.1 Å². The van der Waals surface area contributed by atoms with Crippen LogP contribution in [0, 0.1) is 10.1 Å². The number of nitrogens with one attached hydrogen (secondary N) is 1. The summed E-state index contributed by atoms with van der Waals surface area (Å²) in [4.78, 5) is 19.0. The number of phenols is 1. The summed E-state index contributed by atoms with van der Waals surface area (Å²) < 4.78 is 0.590. The van der Waals surface area contributed by atoms with Crippen molar-refractivity contribution in [3.8, 4) is 5.75 Å². The normalized spacial score (nSPS) is 8.88. The first-order chi connectivity index (χ1) is 7.79. The number of benzene rings is 1. The molecule has 94 valence electrons. The second kappa shape index (κ2) is 7.07. The molecule has 9 heteroatoms. The van der Waals surface area contributed by atoms with Crippen LogP contribution in [0.5, 0.6) is 5.75 Å². The molecule has 3 N–H and O–H groups in total. The molecule has 0 aromatic heterocycles. The van der Waals surface area contributed by atoms with E-state index in [1.165, 1.54) is 19.2 Å². The Labute approximate surface area is 113 Å². The van der Waals surface area contributed by atoms with Crippen molar-refractivity contribution < 1.29 is 19.9 Å². The Morgan fingerprint density at radius 3 is 2.00 bits per heavy atom. The molecule has 0 spiro atoms. The van der Waals surface area contributed by atoms with Gasteiger partial charge in [0, 0.05) is 19.2 Å². The van der Waals surface area contributed by atoms with E-state index >= 15 is 0 Å². The molecule has 7 nitrogen and oxygen atoms in total. The summed E-state index contributed by atoms with van der Waals surface area (Å²) >= 11 is 5.96. The number of amides is 1. The topological polar surface area (TPSA) is 113 Å². The van der Waals surface area contributed by atoms with E-state index in [-0.39, 0.29) is 11.4 Å². The number of phenolic OH excluding ortho intramolecular Hbond substituents is 1. The van der Waals surface area contributed by atoms with Crippen LogP contribution in [0.4, 0.5) is 10.5 Å². The molecule has 0 bridgehead atoms. The van der Waals surface area contributed by atoms with Gasteiger partial charge in [-0.05, 0) is 31.9 Å². The van der Waals surface area contributed by atoms with E-state index in [4.69, 9.17) is 5.11 Å². The minimum atomic E-state index is -0.995. The predicted molar refractivity (Wildman–Crippen MR) is 67.2 cm³/mol. The lowest BCUT2D eigenvalue weighted by molar-refractivity contribution is -0.385. The summed E-state index contributed by atoms with van der Waals surface area (Å²) in [5.74, 6) is -0.0411. The number of hydrogen-bond donors (Lipinski definition) is 3. The van der Waals surface area contributed by atoms with E-state index in [2.05, 4.69) is 31.9 Å². The van der Waals surface area contributed by atoms with Crippen LogP contribution in [-0.2, 0) is 0 Å². The summed E-state index contributed by atoms with van der Waals surface area (Å²) in [6, 6.07) is 2.47. The number of nitro benzene ring substituents is 1. The average molecular weight is 372 g/mol. The van der Waals surface area contributed by atoms with Gasteiger partial charge in [-0.15, -0.1) is 0 Å². The second-order valence-electron chi connectivity index (χ2n) is 2.57. The van der Waals surface area contributed by atoms with Crippen LogP contribution in [0.25, 0.3) is 0 Å². The van der Waals surface area contributed by atoms with Crippen molar-refractivity contribution in [2.45, 2.75) is 0 Å². The number of carboxylic acid groups (broad SMARTS) is 1. The van der Waals surface area contributed by atoms with Crippen molar-refractivity contribution in [1.29, 1.82) is 0 Å². The largest absolute Gasteiger partial charge is 0.506 e. The predicted octanol–water partition coefficient (Wildman–Crippen LogP) is 2.71. The van der Waals surface area contributed by atoms with Crippen LogP contribution >= 0.6 is 31.9 Å². The zero-order chi connectivity index (χ0) is 13.6. The Morgan fingerprint density at radius 1 is 1.41 bits per heavy atom. The molecule has 0 fully saturated rings. The maximum Gasteiger partial charge on any atom is 0.404 e. The number of non-ortho nitro benzene ring substituents is 1. The molecule has 0 aliphatic rings. The molecule has 0 atom stereocenters. The van der Waals surface area contributed by atoms with Gasteiger partial charge in [0.25, 0.3) is 5.69 Å². The molecule has 1 aromatic rings. The molecule has 0 saturated heterocycles. The second-order valence-corrected chi connectivity index (χ2v) is 4.28. The lowest BCUT2D eigenvalue weighted by Crippen LogP contribution is -2.13. The van der Waals surface area contributed by atoms with Crippen LogP contribution in [-0.4, -0.2) is 28.3 Å². The number of nitro groups is 1. The first-order valence-electron chi connectivity index (χ1n) is 4.02. The monoisotopic (exact) mass is 370 g/mol. The third-order valence-corrected chi connectivity index (χ3v) is 2.64. The molecule has 1 amide bonds. The van der Waals surface area contributed by atoms with Crippen molar-refractivity contribution in [1.82, 2.24) is 5.32 Å². The standard InChI is InChI=1S/C6H3Br2NO3.C2H5NO2/c7-4-1-3(9(11)12)2-5(8)6(4)10;1-3-2(4)5/h1-2,10H;3H,1H3,(H,4,5). The summed E-state index contributed by atoms with van der Waals surface area (Å²) in [6.45, 7) is 0. The third-order valence-electron chi connectivity index (χ3n) is 1.43. The SMILES string of the molecule is CNC(=O)O.O=[N+]([O-])c1cc(Br)c(O)c(Br)c1. The molecule has 0 unspecified atom stereocenters. The summed E-state index contributed by atoms with van der Waals surface area (Å²) in [6.07, 6.45) is -0.995. The molecule has 0 aliphatic heterocycles. The summed E-state index contributed by atoms with van der Waals surface area (Å²) in [5, 5.41) is 29.1. The molecule has 1 rings (SSSR count). The number of rotatable bonds is 1.